The summed E-state index contributed by atoms with van der Waals surface area (Å²) in [6, 6.07) is 4.01. The van der Waals surface area contributed by atoms with Gasteiger partial charge in [0.05, 0.1) is 0 Å². The molecule has 1 aliphatic heterocycles. The molecule has 0 spiro atoms. The number of hydrogen-bond acceptors (Lipinski definition) is 5. The SMILES string of the molecule is CN1CCN(c2ncccc2CNC(=O)[C@@H]2CCC[C@@H]2CN)CC1. The number of hydrogen-bond donors (Lipinski definition) is 2. The van der Waals surface area contributed by atoms with Crippen LogP contribution in [0.1, 0.15) is 24.8 Å². The van der Waals surface area contributed by atoms with Crippen LogP contribution in [0, 0.1) is 11.8 Å². The summed E-state index contributed by atoms with van der Waals surface area (Å²) in [6.07, 6.45) is 4.99. The van der Waals surface area contributed by atoms with Crippen molar-refractivity contribution in [2.24, 2.45) is 17.6 Å². The fraction of sp³-hybridized carbons (Fsp3) is 0.667. The first kappa shape index (κ1) is 17.2. The maximum Gasteiger partial charge on any atom is 0.223 e. The number of pyridine rings is 1. The molecule has 0 aromatic carbocycles. The summed E-state index contributed by atoms with van der Waals surface area (Å²) in [6.45, 7) is 5.20. The van der Waals surface area contributed by atoms with Crippen molar-refractivity contribution in [2.45, 2.75) is 25.8 Å². The highest BCUT2D eigenvalue weighted by Crippen LogP contribution is 2.31. The Kier molecular flexibility index (Phi) is 5.68. The van der Waals surface area contributed by atoms with Crippen LogP contribution in [0.15, 0.2) is 18.3 Å². The summed E-state index contributed by atoms with van der Waals surface area (Å²) >= 11 is 0. The average molecular weight is 331 g/mol. The van der Waals surface area contributed by atoms with Gasteiger partial charge in [-0.05, 0) is 38.4 Å². The lowest BCUT2D eigenvalue weighted by molar-refractivity contribution is -0.126. The van der Waals surface area contributed by atoms with Gasteiger partial charge in [0.2, 0.25) is 5.91 Å². The van der Waals surface area contributed by atoms with Gasteiger partial charge in [-0.1, -0.05) is 12.5 Å². The topological polar surface area (TPSA) is 74.5 Å². The van der Waals surface area contributed by atoms with Crippen molar-refractivity contribution in [2.75, 3.05) is 44.7 Å². The van der Waals surface area contributed by atoms with E-state index in [4.69, 9.17) is 5.73 Å². The Balaban J connectivity index is 1.62. The molecule has 1 aromatic heterocycles. The molecule has 1 amide bonds. The van der Waals surface area contributed by atoms with Crippen molar-refractivity contribution in [3.05, 3.63) is 23.9 Å². The van der Waals surface area contributed by atoms with Crippen LogP contribution in [0.2, 0.25) is 0 Å². The normalized spacial score (nSPS) is 25.0. The van der Waals surface area contributed by atoms with E-state index in [2.05, 4.69) is 33.2 Å². The van der Waals surface area contributed by atoms with Gasteiger partial charge in [-0.25, -0.2) is 4.98 Å². The zero-order chi connectivity index (χ0) is 16.9. The zero-order valence-corrected chi connectivity index (χ0v) is 14.6. The lowest BCUT2D eigenvalue weighted by Gasteiger charge is -2.34. The Hall–Kier alpha value is -1.66. The van der Waals surface area contributed by atoms with Crippen molar-refractivity contribution in [3.63, 3.8) is 0 Å². The number of carbonyl (C=O) groups excluding carboxylic acids is 1. The first-order valence-electron chi connectivity index (χ1n) is 9.04. The minimum absolute atomic E-state index is 0.0822. The molecule has 132 valence electrons. The Labute approximate surface area is 144 Å². The molecule has 0 unspecified atom stereocenters. The van der Waals surface area contributed by atoms with E-state index in [1.54, 1.807) is 0 Å². The maximum absolute atomic E-state index is 12.5. The van der Waals surface area contributed by atoms with E-state index < -0.39 is 0 Å². The molecule has 3 rings (SSSR count). The first-order valence-corrected chi connectivity index (χ1v) is 9.04. The van der Waals surface area contributed by atoms with E-state index in [1.165, 1.54) is 0 Å². The van der Waals surface area contributed by atoms with Gasteiger partial charge < -0.3 is 20.9 Å². The molecule has 0 radical (unpaired) electrons. The minimum Gasteiger partial charge on any atom is -0.354 e. The highest BCUT2D eigenvalue weighted by molar-refractivity contribution is 5.79. The number of likely N-dealkylation sites (N-methyl/N-ethyl adjacent to an activating group) is 1. The number of aromatic nitrogens is 1. The lowest BCUT2D eigenvalue weighted by atomic mass is 9.95. The van der Waals surface area contributed by atoms with Gasteiger partial charge in [-0.2, -0.15) is 0 Å². The molecule has 24 heavy (non-hydrogen) atoms. The Morgan fingerprint density at radius 2 is 2.12 bits per heavy atom. The van der Waals surface area contributed by atoms with Crippen molar-refractivity contribution in [3.8, 4) is 0 Å². The zero-order valence-electron chi connectivity index (χ0n) is 14.6. The summed E-state index contributed by atoms with van der Waals surface area (Å²) < 4.78 is 0. The third-order valence-electron chi connectivity index (χ3n) is 5.42. The van der Waals surface area contributed by atoms with Crippen LogP contribution in [0.25, 0.3) is 0 Å². The van der Waals surface area contributed by atoms with E-state index in [1.807, 2.05) is 12.3 Å². The summed E-state index contributed by atoms with van der Waals surface area (Å²) in [5, 5.41) is 3.12. The number of nitrogens with one attached hydrogen (secondary N) is 1. The van der Waals surface area contributed by atoms with Crippen molar-refractivity contribution < 1.29 is 4.79 Å². The van der Waals surface area contributed by atoms with E-state index in [0.717, 1.165) is 56.8 Å². The predicted molar refractivity (Wildman–Crippen MR) is 95.7 cm³/mol. The van der Waals surface area contributed by atoms with Gasteiger partial charge in [-0.15, -0.1) is 0 Å². The minimum atomic E-state index is 0.0822. The van der Waals surface area contributed by atoms with Gasteiger partial charge in [0, 0.05) is 50.4 Å². The maximum atomic E-state index is 12.5. The van der Waals surface area contributed by atoms with Crippen molar-refractivity contribution in [1.29, 1.82) is 0 Å². The summed E-state index contributed by atoms with van der Waals surface area (Å²) in [7, 11) is 2.15. The molecular weight excluding hydrogens is 302 g/mol. The lowest BCUT2D eigenvalue weighted by Crippen LogP contribution is -2.45. The smallest absolute Gasteiger partial charge is 0.223 e. The monoisotopic (exact) mass is 331 g/mol. The number of carbonyl (C=O) groups is 1. The third-order valence-corrected chi connectivity index (χ3v) is 5.42. The van der Waals surface area contributed by atoms with E-state index in [0.29, 0.717) is 19.0 Å². The fourth-order valence-corrected chi connectivity index (χ4v) is 3.85. The van der Waals surface area contributed by atoms with Crippen LogP contribution >= 0.6 is 0 Å². The van der Waals surface area contributed by atoms with E-state index in [-0.39, 0.29) is 11.8 Å². The Morgan fingerprint density at radius 1 is 1.33 bits per heavy atom. The standard InChI is InChI=1S/C18H29N5O/c1-22-8-10-23(11-9-22)17-15(5-3-7-20-17)13-21-18(24)16-6-2-4-14(16)12-19/h3,5,7,14,16H,2,4,6,8-13,19H2,1H3,(H,21,24)/t14-,16-/m1/s1. The molecule has 6 nitrogen and oxygen atoms in total. The summed E-state index contributed by atoms with van der Waals surface area (Å²) in [4.78, 5) is 21.7. The quantitative estimate of drug-likeness (QED) is 0.836. The molecule has 0 bridgehead atoms. The molecule has 2 aliphatic rings. The number of nitrogens with zero attached hydrogens (tertiary/aromatic N) is 3. The van der Waals surface area contributed by atoms with Crippen LogP contribution in [0.3, 0.4) is 0 Å². The Morgan fingerprint density at radius 3 is 2.88 bits per heavy atom. The van der Waals surface area contributed by atoms with Crippen LogP contribution in [0.4, 0.5) is 5.82 Å². The molecule has 1 aliphatic carbocycles. The van der Waals surface area contributed by atoms with E-state index in [9.17, 15) is 4.79 Å². The second-order valence-electron chi connectivity index (χ2n) is 7.03. The van der Waals surface area contributed by atoms with Crippen LogP contribution in [-0.2, 0) is 11.3 Å². The second-order valence-corrected chi connectivity index (χ2v) is 7.03. The Bertz CT molecular complexity index is 556. The number of anilines is 1. The molecule has 1 aromatic rings. The van der Waals surface area contributed by atoms with Crippen LogP contribution in [-0.4, -0.2) is 55.6 Å². The van der Waals surface area contributed by atoms with Gasteiger partial charge in [0.15, 0.2) is 0 Å². The van der Waals surface area contributed by atoms with Crippen LogP contribution in [0.5, 0.6) is 0 Å². The first-order chi connectivity index (χ1) is 11.7. The number of piperazine rings is 1. The van der Waals surface area contributed by atoms with Gasteiger partial charge in [0.1, 0.15) is 5.82 Å². The molecular formula is C18H29N5O. The fourth-order valence-electron chi connectivity index (χ4n) is 3.85. The molecule has 2 atom stereocenters. The van der Waals surface area contributed by atoms with Crippen molar-refractivity contribution >= 4 is 11.7 Å². The molecule has 6 heteroatoms. The molecule has 3 N–H and O–H groups in total. The highest BCUT2D eigenvalue weighted by atomic mass is 16.1. The summed E-state index contributed by atoms with van der Waals surface area (Å²) in [5.74, 6) is 1.58. The number of nitrogens with two attached hydrogens (primary N) is 1. The second kappa shape index (κ2) is 7.94. The highest BCUT2D eigenvalue weighted by Gasteiger charge is 2.31. The van der Waals surface area contributed by atoms with E-state index >= 15 is 0 Å². The summed E-state index contributed by atoms with van der Waals surface area (Å²) in [5.41, 5.74) is 6.90. The van der Waals surface area contributed by atoms with Crippen molar-refractivity contribution in [1.82, 2.24) is 15.2 Å². The van der Waals surface area contributed by atoms with Gasteiger partial charge >= 0.3 is 0 Å². The van der Waals surface area contributed by atoms with Gasteiger partial charge in [0.25, 0.3) is 0 Å². The largest absolute Gasteiger partial charge is 0.354 e. The van der Waals surface area contributed by atoms with Gasteiger partial charge in [-0.3, -0.25) is 4.79 Å². The van der Waals surface area contributed by atoms with Crippen LogP contribution < -0.4 is 16.0 Å². The predicted octanol–water partition coefficient (Wildman–Crippen LogP) is 0.825. The molecule has 1 saturated heterocycles. The molecule has 2 fully saturated rings. The molecule has 2 heterocycles. The average Bonchev–Trinajstić information content (AvgIpc) is 3.09. The third kappa shape index (κ3) is 3.87. The molecule has 1 saturated carbocycles. The number of amides is 1. The number of rotatable bonds is 5.